The maximum Gasteiger partial charge on any atom is 2.00 e. The summed E-state index contributed by atoms with van der Waals surface area (Å²) in [6.07, 6.45) is 0. The van der Waals surface area contributed by atoms with Gasteiger partial charge in [0.2, 0.25) is 0 Å². The second kappa shape index (κ2) is 14.8. The molecule has 0 aliphatic carbocycles. The Hall–Kier alpha value is -5.07. The van der Waals surface area contributed by atoms with E-state index in [1.54, 1.807) is 60.7 Å². The van der Waals surface area contributed by atoms with Gasteiger partial charge in [-0.3, -0.25) is 0 Å². The molecule has 4 nitrogen and oxygen atoms in total. The molecular weight excluding hydrogens is 644 g/mol. The first kappa shape index (κ1) is 34.3. The van der Waals surface area contributed by atoms with Crippen molar-refractivity contribution < 1.29 is 41.5 Å². The van der Waals surface area contributed by atoms with E-state index in [1.807, 2.05) is 0 Å². The molecule has 0 fully saturated rings. The Kier molecular flexibility index (Phi) is 10.6. The first-order chi connectivity index (χ1) is 22.8. The number of carboxylic acid groups (broad SMARTS) is 2. The van der Waals surface area contributed by atoms with Crippen LogP contribution >= 0.6 is 0 Å². The van der Waals surface area contributed by atoms with Gasteiger partial charge in [0.1, 0.15) is 0 Å². The Labute approximate surface area is 295 Å². The Morgan fingerprint density at radius 2 is 0.792 bits per heavy atom. The summed E-state index contributed by atoms with van der Waals surface area (Å²) in [5.41, 5.74) is 0.662. The summed E-state index contributed by atoms with van der Waals surface area (Å²) in [7, 11) is -1.91. The van der Waals surface area contributed by atoms with Crippen LogP contribution in [0, 0.1) is 0 Å². The topological polar surface area (TPSA) is 74.6 Å². The third-order valence-electron chi connectivity index (χ3n) is 8.70. The minimum atomic E-state index is -1.91. The van der Waals surface area contributed by atoms with Crippen LogP contribution in [0.4, 0.5) is 0 Å². The van der Waals surface area contributed by atoms with Gasteiger partial charge < -0.3 is 10.2 Å². The fourth-order valence-electron chi connectivity index (χ4n) is 6.36. The number of hydrogen-bond acceptors (Lipinski definition) is 2. The molecule has 0 amide bonds. The van der Waals surface area contributed by atoms with Gasteiger partial charge in [-0.05, 0) is 24.3 Å². The smallest absolute Gasteiger partial charge is 0.478 e. The van der Waals surface area contributed by atoms with Gasteiger partial charge in [0.25, 0.3) is 0 Å². The van der Waals surface area contributed by atoms with E-state index < -0.39 is 20.0 Å². The maximum atomic E-state index is 10.2. The predicted molar refractivity (Wildman–Crippen MR) is 198 cm³/mol. The number of aromatic carboxylic acids is 2. The quantitative estimate of drug-likeness (QED) is 0.144. The van der Waals surface area contributed by atoms with E-state index in [1.165, 1.54) is 53.5 Å². The summed E-state index contributed by atoms with van der Waals surface area (Å²) in [6, 6.07) is 52.7. The van der Waals surface area contributed by atoms with Crippen LogP contribution in [0.1, 0.15) is 20.7 Å². The monoisotopic (exact) mass is 678 g/mol. The number of carbonyl (C=O) groups is 2. The second-order valence-electron chi connectivity index (χ2n) is 12.0. The molecule has 0 aromatic heterocycles. The molecule has 48 heavy (non-hydrogen) atoms. The molecule has 8 aromatic carbocycles. The van der Waals surface area contributed by atoms with Gasteiger partial charge in [0.15, 0.2) is 0 Å². The fraction of sp³-hybridized carbons (Fsp3) is 0.0476. The van der Waals surface area contributed by atoms with Crippen LogP contribution in [0.15, 0.2) is 158 Å². The first-order valence-corrected chi connectivity index (χ1v) is 18.5. The number of benzene rings is 6. The van der Waals surface area contributed by atoms with E-state index in [0.29, 0.717) is 11.1 Å². The molecule has 0 bridgehead atoms. The van der Waals surface area contributed by atoms with Crippen LogP contribution < -0.4 is 10.4 Å². The van der Waals surface area contributed by atoms with E-state index in [2.05, 4.69) is 110 Å². The summed E-state index contributed by atoms with van der Waals surface area (Å²) in [5.74, 6) is -1.76. The van der Waals surface area contributed by atoms with Gasteiger partial charge >= 0.3 is 33.7 Å². The summed E-state index contributed by atoms with van der Waals surface area (Å²) in [6.45, 7) is 5.01. The molecule has 8 rings (SSSR count). The molecule has 0 unspecified atom stereocenters. The molecule has 0 saturated heterocycles. The summed E-state index contributed by atoms with van der Waals surface area (Å²) in [4.78, 5) is 20.4. The Bertz CT molecular complexity index is 2170. The van der Waals surface area contributed by atoms with Crippen molar-refractivity contribution in [3.8, 4) is 0 Å². The van der Waals surface area contributed by atoms with Crippen molar-refractivity contribution >= 4 is 73.5 Å². The molecule has 0 radical (unpaired) electrons. The number of fused-ring (bicyclic) bond motifs is 6. The molecule has 0 spiro atoms. The van der Waals surface area contributed by atoms with Crippen LogP contribution in [-0.4, -0.2) is 30.2 Å². The first-order valence-electron chi connectivity index (χ1n) is 15.5. The molecule has 2 N–H and O–H groups in total. The van der Waals surface area contributed by atoms with Crippen LogP contribution in [0.2, 0.25) is 13.1 Å². The molecule has 6 heteroatoms. The molecule has 0 heterocycles. The van der Waals surface area contributed by atoms with Gasteiger partial charge in [0, 0.05) is 8.07 Å². The third kappa shape index (κ3) is 6.95. The van der Waals surface area contributed by atoms with Crippen molar-refractivity contribution in [1.29, 1.82) is 0 Å². The summed E-state index contributed by atoms with van der Waals surface area (Å²) in [5, 5.41) is 30.9. The Morgan fingerprint density at radius 3 is 1.15 bits per heavy atom. The van der Waals surface area contributed by atoms with Gasteiger partial charge in [-0.1, -0.05) is 122 Å². The molecule has 0 atom stereocenters. The molecular formula is C42H34O4SiTi. The summed E-state index contributed by atoms with van der Waals surface area (Å²) >= 11 is 0. The minimum absolute atomic E-state index is 0. The van der Waals surface area contributed by atoms with E-state index in [-0.39, 0.29) is 21.7 Å². The summed E-state index contributed by atoms with van der Waals surface area (Å²) < 4.78 is 0. The molecule has 8 aromatic rings. The second-order valence-corrected chi connectivity index (χ2v) is 16.3. The number of hydrogen-bond donors (Lipinski definition) is 2. The third-order valence-corrected chi connectivity index (χ3v) is 12.3. The SMILES string of the molecule is C[Si](C)(c1cccc2c1[cH-]c1ccccc12)c1cccc2c1[cH-]c1ccccc12.O=C(O)c1ccccc1.O=C(O)c1ccccc1.[Ti+2]. The molecule has 0 aliphatic heterocycles. The van der Waals surface area contributed by atoms with Crippen LogP contribution in [0.25, 0.3) is 43.1 Å². The predicted octanol–water partition coefficient (Wildman–Crippen LogP) is 9.33. The van der Waals surface area contributed by atoms with E-state index in [0.717, 1.165) is 0 Å². The van der Waals surface area contributed by atoms with Crippen molar-refractivity contribution in [1.82, 2.24) is 0 Å². The Morgan fingerprint density at radius 1 is 0.458 bits per heavy atom. The van der Waals surface area contributed by atoms with E-state index in [9.17, 15) is 9.59 Å². The minimum Gasteiger partial charge on any atom is -0.478 e. The van der Waals surface area contributed by atoms with Gasteiger partial charge in [-0.2, -0.15) is 0 Å². The van der Waals surface area contributed by atoms with Crippen molar-refractivity contribution in [3.05, 3.63) is 169 Å². The van der Waals surface area contributed by atoms with Crippen molar-refractivity contribution in [3.63, 3.8) is 0 Å². The van der Waals surface area contributed by atoms with Crippen LogP contribution in [0.3, 0.4) is 0 Å². The standard InChI is InChI=1S/C28H22Si.2C7H6O2.Ti/c1-29(2,27-15-7-13-23-21-11-5-3-9-19(21)17-25(23)27)28-16-8-14-24-22-12-6-4-10-20(22)18-26(24)28;2*8-7(9)6-4-2-1-3-5-6;/h3-18H,1-2H3;2*1-5H,(H,8,9);/q-2;;;+2. The maximum absolute atomic E-state index is 10.2. The zero-order valence-corrected chi connectivity index (χ0v) is 29.3. The molecule has 0 saturated carbocycles. The average molecular weight is 679 g/mol. The van der Waals surface area contributed by atoms with Crippen LogP contribution in [-0.2, 0) is 21.7 Å². The zero-order chi connectivity index (χ0) is 33.0. The van der Waals surface area contributed by atoms with Crippen molar-refractivity contribution in [2.75, 3.05) is 0 Å². The normalized spacial score (nSPS) is 10.9. The zero-order valence-electron chi connectivity index (χ0n) is 26.7. The molecule has 234 valence electrons. The number of carboxylic acids is 2. The van der Waals surface area contributed by atoms with Gasteiger partial charge in [0.05, 0.1) is 11.1 Å². The Balaban J connectivity index is 0.000000195. The number of rotatable bonds is 4. The van der Waals surface area contributed by atoms with Crippen molar-refractivity contribution in [2.45, 2.75) is 13.1 Å². The largest absolute Gasteiger partial charge is 2.00 e. The molecule has 0 aliphatic rings. The van der Waals surface area contributed by atoms with Gasteiger partial charge in [-0.15, -0.1) is 77.7 Å². The van der Waals surface area contributed by atoms with Crippen LogP contribution in [0.5, 0.6) is 0 Å². The van der Waals surface area contributed by atoms with Gasteiger partial charge in [-0.25, -0.2) is 9.59 Å². The average Bonchev–Trinajstić information content (AvgIpc) is 3.68. The fourth-order valence-corrected chi connectivity index (χ4v) is 9.43. The van der Waals surface area contributed by atoms with E-state index in [4.69, 9.17) is 10.2 Å². The van der Waals surface area contributed by atoms with Crippen molar-refractivity contribution in [2.24, 2.45) is 0 Å². The van der Waals surface area contributed by atoms with E-state index >= 15 is 0 Å².